The number of aliphatic hydroxyl groups excluding tert-OH is 1. The normalized spacial score (nSPS) is 14.5. The minimum Gasteiger partial charge on any atom is -0.377 e. The van der Waals surface area contributed by atoms with E-state index < -0.39 is 6.10 Å². The molecule has 0 radical (unpaired) electrons. The van der Waals surface area contributed by atoms with Crippen molar-refractivity contribution in [2.75, 3.05) is 13.9 Å². The highest BCUT2D eigenvalue weighted by molar-refractivity contribution is 5.14. The summed E-state index contributed by atoms with van der Waals surface area (Å²) >= 11 is 0. The topological polar surface area (TPSA) is 38.7 Å². The lowest BCUT2D eigenvalue weighted by Crippen LogP contribution is -2.13. The predicted molar refractivity (Wildman–Crippen MR) is 64.9 cm³/mol. The second kappa shape index (κ2) is 10.7. The number of unbranched alkanes of at least 4 members (excludes halogenated alkanes) is 1. The Labute approximate surface area is 98.4 Å². The predicted octanol–water partition coefficient (Wildman–Crippen LogP) is 2.11. The highest BCUT2D eigenvalue weighted by atomic mass is 16.7. The Morgan fingerprint density at radius 1 is 1.38 bits per heavy atom. The van der Waals surface area contributed by atoms with Gasteiger partial charge in [-0.1, -0.05) is 37.7 Å². The molecular formula is C13H22O3. The highest BCUT2D eigenvalue weighted by Crippen LogP contribution is 2.04. The van der Waals surface area contributed by atoms with Gasteiger partial charge in [0.2, 0.25) is 0 Å². The van der Waals surface area contributed by atoms with E-state index in [1.54, 1.807) is 19.3 Å². The van der Waals surface area contributed by atoms with Crippen molar-refractivity contribution in [1.29, 1.82) is 0 Å². The third-order valence-corrected chi connectivity index (χ3v) is 1.97. The molecule has 3 nitrogen and oxygen atoms in total. The molecule has 0 heterocycles. The standard InChI is InChI=1S/C13H22O3/c1-4-6-8-13(16-11-15-3)10-9-12(14)7-5-2/h5,7,12-14H,4,6,8,11H2,1-3H3/b7-5+. The second-order valence-corrected chi connectivity index (χ2v) is 3.46. The van der Waals surface area contributed by atoms with Crippen LogP contribution in [0.3, 0.4) is 0 Å². The van der Waals surface area contributed by atoms with E-state index in [-0.39, 0.29) is 12.9 Å². The third-order valence-electron chi connectivity index (χ3n) is 1.97. The van der Waals surface area contributed by atoms with E-state index >= 15 is 0 Å². The highest BCUT2D eigenvalue weighted by Gasteiger charge is 2.04. The lowest BCUT2D eigenvalue weighted by atomic mass is 10.1. The molecule has 0 aliphatic heterocycles. The number of aliphatic hydroxyl groups is 1. The summed E-state index contributed by atoms with van der Waals surface area (Å²) in [6.07, 6.45) is 5.58. The van der Waals surface area contributed by atoms with Crippen molar-refractivity contribution in [3.63, 3.8) is 0 Å². The minimum absolute atomic E-state index is 0.153. The molecular weight excluding hydrogens is 204 g/mol. The Balaban J connectivity index is 4.15. The number of hydrogen-bond donors (Lipinski definition) is 1. The summed E-state index contributed by atoms with van der Waals surface area (Å²) in [6.45, 7) is 4.21. The van der Waals surface area contributed by atoms with Crippen LogP contribution < -0.4 is 0 Å². The van der Waals surface area contributed by atoms with Gasteiger partial charge in [-0.15, -0.1) is 0 Å². The fourth-order valence-corrected chi connectivity index (χ4v) is 1.15. The first-order valence-corrected chi connectivity index (χ1v) is 5.67. The maximum atomic E-state index is 9.40. The van der Waals surface area contributed by atoms with E-state index in [0.29, 0.717) is 0 Å². The van der Waals surface area contributed by atoms with Crippen LogP contribution >= 0.6 is 0 Å². The summed E-state index contributed by atoms with van der Waals surface area (Å²) < 4.78 is 10.2. The fourth-order valence-electron chi connectivity index (χ4n) is 1.15. The Kier molecular flexibility index (Phi) is 10.1. The average Bonchev–Trinajstić information content (AvgIpc) is 2.28. The first-order valence-electron chi connectivity index (χ1n) is 5.67. The van der Waals surface area contributed by atoms with Crippen molar-refractivity contribution in [3.8, 4) is 11.8 Å². The van der Waals surface area contributed by atoms with Gasteiger partial charge >= 0.3 is 0 Å². The molecule has 0 aliphatic carbocycles. The molecule has 0 saturated carbocycles. The van der Waals surface area contributed by atoms with Crippen LogP contribution in [-0.4, -0.2) is 31.2 Å². The molecule has 0 spiro atoms. The molecule has 16 heavy (non-hydrogen) atoms. The lowest BCUT2D eigenvalue weighted by molar-refractivity contribution is -0.0548. The van der Waals surface area contributed by atoms with Crippen LogP contribution in [0.25, 0.3) is 0 Å². The van der Waals surface area contributed by atoms with Gasteiger partial charge in [0.15, 0.2) is 0 Å². The van der Waals surface area contributed by atoms with Gasteiger partial charge < -0.3 is 14.6 Å². The average molecular weight is 226 g/mol. The molecule has 2 atom stereocenters. The van der Waals surface area contributed by atoms with Crippen LogP contribution in [0.4, 0.5) is 0 Å². The van der Waals surface area contributed by atoms with Gasteiger partial charge in [0, 0.05) is 7.11 Å². The zero-order chi connectivity index (χ0) is 12.2. The Morgan fingerprint density at radius 2 is 2.12 bits per heavy atom. The lowest BCUT2D eigenvalue weighted by Gasteiger charge is -2.10. The molecule has 0 rings (SSSR count). The van der Waals surface area contributed by atoms with E-state index in [4.69, 9.17) is 9.47 Å². The zero-order valence-corrected chi connectivity index (χ0v) is 10.4. The summed E-state index contributed by atoms with van der Waals surface area (Å²) in [7, 11) is 1.58. The third kappa shape index (κ3) is 8.49. The molecule has 0 fully saturated rings. The van der Waals surface area contributed by atoms with Gasteiger partial charge in [-0.05, 0) is 19.4 Å². The van der Waals surface area contributed by atoms with Crippen molar-refractivity contribution < 1.29 is 14.6 Å². The first-order chi connectivity index (χ1) is 7.74. The maximum absolute atomic E-state index is 9.40. The fraction of sp³-hybridized carbons (Fsp3) is 0.692. The zero-order valence-electron chi connectivity index (χ0n) is 10.4. The van der Waals surface area contributed by atoms with Crippen LogP contribution in [0.15, 0.2) is 12.2 Å². The van der Waals surface area contributed by atoms with Gasteiger partial charge in [-0.2, -0.15) is 0 Å². The van der Waals surface area contributed by atoms with Crippen molar-refractivity contribution in [1.82, 2.24) is 0 Å². The van der Waals surface area contributed by atoms with Crippen LogP contribution in [0.5, 0.6) is 0 Å². The maximum Gasteiger partial charge on any atom is 0.148 e. The van der Waals surface area contributed by atoms with Crippen molar-refractivity contribution in [2.45, 2.75) is 45.3 Å². The van der Waals surface area contributed by atoms with E-state index in [1.807, 2.05) is 6.92 Å². The minimum atomic E-state index is -0.708. The molecule has 3 heteroatoms. The molecule has 0 aromatic heterocycles. The number of methoxy groups -OCH3 is 1. The van der Waals surface area contributed by atoms with Gasteiger partial charge in [0.05, 0.1) is 0 Å². The van der Waals surface area contributed by atoms with Crippen LogP contribution in [0, 0.1) is 11.8 Å². The summed E-state index contributed by atoms with van der Waals surface area (Å²) in [6, 6.07) is 0. The summed E-state index contributed by atoms with van der Waals surface area (Å²) in [5.74, 6) is 5.66. The van der Waals surface area contributed by atoms with Crippen LogP contribution in [0.1, 0.15) is 33.1 Å². The summed E-state index contributed by atoms with van der Waals surface area (Å²) in [4.78, 5) is 0. The number of ether oxygens (including phenoxy) is 2. The Morgan fingerprint density at radius 3 is 2.69 bits per heavy atom. The van der Waals surface area contributed by atoms with E-state index in [0.717, 1.165) is 19.3 Å². The van der Waals surface area contributed by atoms with Crippen LogP contribution in [-0.2, 0) is 9.47 Å². The van der Waals surface area contributed by atoms with Gasteiger partial charge in [-0.25, -0.2) is 0 Å². The van der Waals surface area contributed by atoms with Gasteiger partial charge in [-0.3, -0.25) is 0 Å². The van der Waals surface area contributed by atoms with Crippen LogP contribution in [0.2, 0.25) is 0 Å². The Hall–Kier alpha value is -0.820. The first kappa shape index (κ1) is 15.2. The summed E-state index contributed by atoms with van der Waals surface area (Å²) in [5, 5.41) is 9.40. The molecule has 1 N–H and O–H groups in total. The number of rotatable bonds is 7. The van der Waals surface area contributed by atoms with Gasteiger partial charge in [0.1, 0.15) is 19.0 Å². The van der Waals surface area contributed by atoms with E-state index in [9.17, 15) is 5.11 Å². The second-order valence-electron chi connectivity index (χ2n) is 3.46. The van der Waals surface area contributed by atoms with E-state index in [2.05, 4.69) is 18.8 Å². The smallest absolute Gasteiger partial charge is 0.148 e. The monoisotopic (exact) mass is 226 g/mol. The molecule has 92 valence electrons. The van der Waals surface area contributed by atoms with Crippen molar-refractivity contribution in [3.05, 3.63) is 12.2 Å². The Bertz CT molecular complexity index is 229. The van der Waals surface area contributed by atoms with Crippen molar-refractivity contribution in [2.24, 2.45) is 0 Å². The molecule has 2 unspecified atom stereocenters. The molecule has 0 bridgehead atoms. The number of hydrogen-bond acceptors (Lipinski definition) is 3. The molecule has 0 amide bonds. The molecule has 0 aromatic carbocycles. The van der Waals surface area contributed by atoms with Gasteiger partial charge in [0.25, 0.3) is 0 Å². The quantitative estimate of drug-likeness (QED) is 0.410. The molecule has 0 aliphatic rings. The molecule has 0 saturated heterocycles. The van der Waals surface area contributed by atoms with Crippen molar-refractivity contribution >= 4 is 0 Å². The number of allylic oxidation sites excluding steroid dienone is 1. The summed E-state index contributed by atoms with van der Waals surface area (Å²) in [5.41, 5.74) is 0. The largest absolute Gasteiger partial charge is 0.377 e. The SMILES string of the molecule is C/C=C/C(O)C#CC(CCCC)OCOC. The van der Waals surface area contributed by atoms with E-state index in [1.165, 1.54) is 0 Å². The molecule has 0 aromatic rings.